The summed E-state index contributed by atoms with van der Waals surface area (Å²) in [6.07, 6.45) is 1.19. The number of alkyl halides is 3. The van der Waals surface area contributed by atoms with Gasteiger partial charge >= 0.3 is 6.18 Å². The second-order valence-corrected chi connectivity index (χ2v) is 8.63. The number of hydrogen-bond donors (Lipinski definition) is 0. The minimum atomic E-state index is -4.41. The first-order valence-corrected chi connectivity index (χ1v) is 10.6. The Morgan fingerprint density at radius 2 is 1.84 bits per heavy atom. The van der Waals surface area contributed by atoms with Crippen LogP contribution in [0.15, 0.2) is 61.1 Å². The summed E-state index contributed by atoms with van der Waals surface area (Å²) in [7, 11) is 0. The van der Waals surface area contributed by atoms with Crippen LogP contribution in [-0.4, -0.2) is 26.4 Å². The van der Waals surface area contributed by atoms with E-state index in [4.69, 9.17) is 0 Å². The van der Waals surface area contributed by atoms with Crippen LogP contribution in [-0.2, 0) is 6.18 Å². The normalized spacial score (nSPS) is 16.7. The lowest BCUT2D eigenvalue weighted by atomic mass is 10.0. The second-order valence-electron chi connectivity index (χ2n) is 7.52. The first-order chi connectivity index (χ1) is 14.7. The Morgan fingerprint density at radius 3 is 2.55 bits per heavy atom. The van der Waals surface area contributed by atoms with Crippen molar-refractivity contribution in [3.63, 3.8) is 0 Å². The van der Waals surface area contributed by atoms with Gasteiger partial charge in [-0.25, -0.2) is 4.98 Å². The highest BCUT2D eigenvalue weighted by atomic mass is 127. The molecule has 0 N–H and O–H groups in total. The zero-order valence-corrected chi connectivity index (χ0v) is 18.4. The number of rotatable bonds is 2. The van der Waals surface area contributed by atoms with Crippen LogP contribution in [0.3, 0.4) is 0 Å². The van der Waals surface area contributed by atoms with Gasteiger partial charge in [-0.15, -0.1) is 0 Å². The molecule has 5 nitrogen and oxygen atoms in total. The Kier molecular flexibility index (Phi) is 4.61. The minimum absolute atomic E-state index is 0.0270. The Morgan fingerprint density at radius 1 is 1.10 bits per heavy atom. The maximum absolute atomic E-state index is 13.4. The zero-order chi connectivity index (χ0) is 21.9. The molecular weight excluding hydrogens is 520 g/mol. The molecule has 4 aromatic rings. The quantitative estimate of drug-likeness (QED) is 0.311. The van der Waals surface area contributed by atoms with E-state index >= 15 is 0 Å². The van der Waals surface area contributed by atoms with Crippen LogP contribution in [0.25, 0.3) is 16.8 Å². The van der Waals surface area contributed by atoms with Gasteiger partial charge in [0, 0.05) is 41.8 Å². The number of halogens is 4. The second kappa shape index (κ2) is 7.11. The van der Waals surface area contributed by atoms with Crippen LogP contribution < -0.4 is 4.90 Å². The molecule has 0 spiro atoms. The van der Waals surface area contributed by atoms with E-state index in [1.54, 1.807) is 11.1 Å². The van der Waals surface area contributed by atoms with E-state index in [1.165, 1.54) is 12.1 Å². The van der Waals surface area contributed by atoms with Gasteiger partial charge in [0.2, 0.25) is 0 Å². The number of fused-ring (bicyclic) bond motifs is 2. The van der Waals surface area contributed by atoms with Crippen molar-refractivity contribution in [2.45, 2.75) is 19.1 Å². The number of carbonyl (C=O) groups is 1. The lowest BCUT2D eigenvalue weighted by Gasteiger charge is -2.33. The maximum Gasteiger partial charge on any atom is 0.416 e. The van der Waals surface area contributed by atoms with Crippen molar-refractivity contribution in [1.82, 2.24) is 14.0 Å². The topological polar surface area (TPSA) is 42.5 Å². The summed E-state index contributed by atoms with van der Waals surface area (Å²) in [5, 5.41) is 0. The number of anilines is 1. The molecule has 4 heterocycles. The smallest absolute Gasteiger partial charge is 0.338 e. The average Bonchev–Trinajstić information content (AvgIpc) is 3.35. The van der Waals surface area contributed by atoms with Gasteiger partial charge in [-0.2, -0.15) is 13.2 Å². The molecule has 9 heteroatoms. The van der Waals surface area contributed by atoms with Crippen LogP contribution in [0.4, 0.5) is 18.9 Å². The highest BCUT2D eigenvalue weighted by Gasteiger charge is 2.34. The van der Waals surface area contributed by atoms with E-state index in [1.807, 2.05) is 46.5 Å². The van der Waals surface area contributed by atoms with Crippen molar-refractivity contribution in [2.24, 2.45) is 0 Å². The van der Waals surface area contributed by atoms with Crippen molar-refractivity contribution >= 4 is 39.8 Å². The molecule has 1 amide bonds. The van der Waals surface area contributed by atoms with E-state index < -0.39 is 11.7 Å². The molecule has 0 fully saturated rings. The SMILES string of the molecule is C[C@H]1CN(c2ccc(C(F)(F)F)cc2)C(=O)c2c(-c3ccc4ncc(I)n4c3)ccn21. The van der Waals surface area contributed by atoms with Crippen LogP contribution in [0, 0.1) is 3.70 Å². The largest absolute Gasteiger partial charge is 0.416 e. The fourth-order valence-corrected chi connectivity index (χ4v) is 4.53. The first-order valence-electron chi connectivity index (χ1n) is 9.57. The molecule has 5 rings (SSSR count). The first kappa shape index (κ1) is 20.1. The summed E-state index contributed by atoms with van der Waals surface area (Å²) in [5.74, 6) is -0.238. The van der Waals surface area contributed by atoms with Gasteiger partial charge in [0.05, 0.1) is 11.8 Å². The summed E-state index contributed by atoms with van der Waals surface area (Å²) in [6, 6.07) is 10.4. The number of carbonyl (C=O) groups excluding carboxylic acids is 1. The fraction of sp³-hybridized carbons (Fsp3) is 0.182. The molecule has 158 valence electrons. The molecule has 31 heavy (non-hydrogen) atoms. The van der Waals surface area contributed by atoms with E-state index in [-0.39, 0.29) is 11.9 Å². The third kappa shape index (κ3) is 3.31. The summed E-state index contributed by atoms with van der Waals surface area (Å²) >= 11 is 2.20. The third-order valence-corrected chi connectivity index (χ3v) is 6.36. The maximum atomic E-state index is 13.4. The van der Waals surface area contributed by atoms with Gasteiger partial charge in [0.1, 0.15) is 15.0 Å². The molecule has 0 aliphatic carbocycles. The van der Waals surface area contributed by atoms with Crippen LogP contribution >= 0.6 is 22.6 Å². The molecule has 0 bridgehead atoms. The van der Waals surface area contributed by atoms with Crippen molar-refractivity contribution in [3.8, 4) is 11.1 Å². The number of nitrogens with zero attached hydrogens (tertiary/aromatic N) is 4. The predicted molar refractivity (Wildman–Crippen MR) is 119 cm³/mol. The van der Waals surface area contributed by atoms with Gasteiger partial charge in [-0.1, -0.05) is 0 Å². The standard InChI is InChI=1S/C22H16F3IN4O/c1-13-11-29(16-5-3-15(4-6-16)22(23,24)25)21(31)20-17(8-9-28(13)20)14-2-7-19-27-10-18(26)30(19)12-14/h2-10,12-13H,11H2,1H3/t13-/m0/s1. The molecule has 1 aliphatic heterocycles. The van der Waals surface area contributed by atoms with Gasteiger partial charge in [-0.3, -0.25) is 9.20 Å². The summed E-state index contributed by atoms with van der Waals surface area (Å²) in [6.45, 7) is 2.36. The predicted octanol–water partition coefficient (Wildman–Crippen LogP) is 5.65. The van der Waals surface area contributed by atoms with Gasteiger partial charge in [0.15, 0.2) is 0 Å². The summed E-state index contributed by atoms with van der Waals surface area (Å²) in [5.41, 5.74) is 2.69. The fourth-order valence-electron chi connectivity index (χ4n) is 4.00. The third-order valence-electron chi connectivity index (χ3n) is 5.56. The summed E-state index contributed by atoms with van der Waals surface area (Å²) in [4.78, 5) is 19.3. The Balaban J connectivity index is 1.57. The van der Waals surface area contributed by atoms with Gasteiger partial charge < -0.3 is 9.47 Å². The molecule has 0 radical (unpaired) electrons. The van der Waals surface area contributed by atoms with E-state index in [9.17, 15) is 18.0 Å². The van der Waals surface area contributed by atoms with Gasteiger partial charge in [0.25, 0.3) is 5.91 Å². The van der Waals surface area contributed by atoms with Crippen molar-refractivity contribution in [3.05, 3.63) is 76.0 Å². The lowest BCUT2D eigenvalue weighted by molar-refractivity contribution is -0.137. The molecule has 0 unspecified atom stereocenters. The van der Waals surface area contributed by atoms with Crippen LogP contribution in [0.5, 0.6) is 0 Å². The molecule has 0 saturated heterocycles. The molecule has 1 aliphatic rings. The Bertz CT molecular complexity index is 1310. The lowest BCUT2D eigenvalue weighted by Crippen LogP contribution is -2.42. The van der Waals surface area contributed by atoms with Crippen LogP contribution in [0.1, 0.15) is 29.0 Å². The summed E-state index contributed by atoms with van der Waals surface area (Å²) < 4.78 is 43.6. The van der Waals surface area contributed by atoms with Crippen molar-refractivity contribution in [1.29, 1.82) is 0 Å². The average molecular weight is 536 g/mol. The Hall–Kier alpha value is -2.82. The van der Waals surface area contributed by atoms with Crippen molar-refractivity contribution in [2.75, 3.05) is 11.4 Å². The Labute approximate surface area is 189 Å². The number of pyridine rings is 1. The molecule has 1 aromatic carbocycles. The van der Waals surface area contributed by atoms with E-state index in [0.29, 0.717) is 17.9 Å². The highest BCUT2D eigenvalue weighted by Crippen LogP contribution is 2.35. The van der Waals surface area contributed by atoms with Crippen molar-refractivity contribution < 1.29 is 18.0 Å². The molecular formula is C22H16F3IN4O. The number of aromatic nitrogens is 3. The zero-order valence-electron chi connectivity index (χ0n) is 16.3. The number of imidazole rings is 1. The molecule has 0 saturated carbocycles. The van der Waals surface area contributed by atoms with E-state index in [0.717, 1.165) is 32.6 Å². The molecule has 3 aromatic heterocycles. The van der Waals surface area contributed by atoms with E-state index in [2.05, 4.69) is 27.6 Å². The number of hydrogen-bond acceptors (Lipinski definition) is 2. The monoisotopic (exact) mass is 536 g/mol. The highest BCUT2D eigenvalue weighted by molar-refractivity contribution is 14.1. The minimum Gasteiger partial charge on any atom is -0.338 e. The number of benzene rings is 1. The number of amides is 1. The van der Waals surface area contributed by atoms with Crippen LogP contribution in [0.2, 0.25) is 0 Å². The molecule has 1 atom stereocenters. The van der Waals surface area contributed by atoms with Gasteiger partial charge in [-0.05, 0) is 72.0 Å².